The van der Waals surface area contributed by atoms with E-state index in [1.807, 2.05) is 42.5 Å². The highest BCUT2D eigenvalue weighted by atomic mass is 16.5. The molecule has 5 aromatic rings. The first-order valence-electron chi connectivity index (χ1n) is 10.5. The van der Waals surface area contributed by atoms with Crippen molar-refractivity contribution in [2.45, 2.75) is 6.42 Å². The molecule has 2 N–H and O–H groups in total. The van der Waals surface area contributed by atoms with Gasteiger partial charge in [-0.1, -0.05) is 42.5 Å². The van der Waals surface area contributed by atoms with Crippen LogP contribution in [-0.4, -0.2) is 29.1 Å². The Morgan fingerprint density at radius 2 is 1.64 bits per heavy atom. The van der Waals surface area contributed by atoms with Crippen LogP contribution in [0.15, 0.2) is 72.8 Å². The predicted molar refractivity (Wildman–Crippen MR) is 124 cm³/mol. The molecule has 0 spiro atoms. The summed E-state index contributed by atoms with van der Waals surface area (Å²) >= 11 is 0. The molecule has 0 fully saturated rings. The van der Waals surface area contributed by atoms with E-state index >= 15 is 0 Å². The Morgan fingerprint density at radius 1 is 0.879 bits per heavy atom. The van der Waals surface area contributed by atoms with Crippen LogP contribution in [-0.2, 0) is 0 Å². The van der Waals surface area contributed by atoms with Gasteiger partial charge in [0.05, 0.1) is 23.1 Å². The second-order valence-corrected chi connectivity index (χ2v) is 7.57. The molecule has 164 valence electrons. The Labute approximate surface area is 188 Å². The number of hydrogen-bond acceptors (Lipinski definition) is 6. The summed E-state index contributed by atoms with van der Waals surface area (Å²) in [5.41, 5.74) is 2.42. The Hall–Kier alpha value is -4.53. The summed E-state index contributed by atoms with van der Waals surface area (Å²) in [4.78, 5) is 17.9. The van der Waals surface area contributed by atoms with Crippen molar-refractivity contribution >= 4 is 44.7 Å². The number of amides is 1. The lowest BCUT2D eigenvalue weighted by molar-refractivity contribution is -0.672. The standard InChI is InChI=1S/C24H20N6O3/c31-23(18-9-5-8-17-15-16-7-1-2-10-19(16)27-22(17)18)25-13-6-14-26-24-28-30(33)21-12-4-3-11-20(21)29(24)32/h1-5,7-12,15H,6,13-14H2,(H,25,31)(H,26,28). The summed E-state index contributed by atoms with van der Waals surface area (Å²) in [6.45, 7) is 0.728. The fourth-order valence-electron chi connectivity index (χ4n) is 3.77. The van der Waals surface area contributed by atoms with Crippen molar-refractivity contribution in [1.82, 2.24) is 15.4 Å². The third-order valence-corrected chi connectivity index (χ3v) is 5.40. The molecule has 0 aliphatic rings. The zero-order valence-electron chi connectivity index (χ0n) is 17.6. The van der Waals surface area contributed by atoms with Gasteiger partial charge in [-0.15, -0.1) is 0 Å². The van der Waals surface area contributed by atoms with Crippen LogP contribution in [0.25, 0.3) is 32.8 Å². The summed E-state index contributed by atoms with van der Waals surface area (Å²) in [6, 6.07) is 21.8. The number of nitrogens with zero attached hydrogens (tertiary/aromatic N) is 4. The van der Waals surface area contributed by atoms with E-state index in [0.29, 0.717) is 40.2 Å². The molecular formula is C24H20N6O3. The molecule has 5 rings (SSSR count). The zero-order chi connectivity index (χ0) is 22.8. The number of rotatable bonds is 6. The van der Waals surface area contributed by atoms with Gasteiger partial charge in [-0.2, -0.15) is 0 Å². The van der Waals surface area contributed by atoms with Gasteiger partial charge in [0.2, 0.25) is 5.10 Å². The maximum Gasteiger partial charge on any atom is 0.460 e. The topological polar surface area (TPSA) is 121 Å². The molecule has 0 unspecified atom stereocenters. The molecule has 2 heterocycles. The van der Waals surface area contributed by atoms with Crippen LogP contribution in [0.3, 0.4) is 0 Å². The number of carbonyl (C=O) groups excluding carboxylic acids is 1. The van der Waals surface area contributed by atoms with E-state index < -0.39 is 0 Å². The number of para-hydroxylation sites is 4. The van der Waals surface area contributed by atoms with Gasteiger partial charge in [0.25, 0.3) is 11.4 Å². The normalized spacial score (nSPS) is 11.2. The minimum absolute atomic E-state index is 0.0832. The molecule has 0 aliphatic heterocycles. The second-order valence-electron chi connectivity index (χ2n) is 7.57. The van der Waals surface area contributed by atoms with E-state index in [1.54, 1.807) is 24.3 Å². The molecule has 9 nitrogen and oxygen atoms in total. The number of aromatic nitrogens is 4. The number of nitrogens with one attached hydrogen (secondary N) is 2. The average molecular weight is 440 g/mol. The number of anilines is 1. The van der Waals surface area contributed by atoms with Crippen molar-refractivity contribution in [2.24, 2.45) is 0 Å². The van der Waals surface area contributed by atoms with Crippen molar-refractivity contribution in [3.63, 3.8) is 0 Å². The number of benzene rings is 3. The van der Waals surface area contributed by atoms with E-state index in [4.69, 9.17) is 0 Å². The highest BCUT2D eigenvalue weighted by molar-refractivity contribution is 6.07. The molecule has 33 heavy (non-hydrogen) atoms. The summed E-state index contributed by atoms with van der Waals surface area (Å²) in [5, 5.41) is 35.9. The summed E-state index contributed by atoms with van der Waals surface area (Å²) in [5.74, 6) is -0.302. The van der Waals surface area contributed by atoms with Crippen molar-refractivity contribution in [3.8, 4) is 0 Å². The Balaban J connectivity index is 1.24. The SMILES string of the molecule is O=C(NCCCNc1n[n+]([O-])c2ccccc2[n+]1[O-])c1cccc2cc3ccccc3nc12. The third kappa shape index (κ3) is 3.91. The molecule has 0 saturated heterocycles. The lowest BCUT2D eigenvalue weighted by atomic mass is 10.1. The molecule has 2 aromatic heterocycles. The lowest BCUT2D eigenvalue weighted by Crippen LogP contribution is -2.44. The molecule has 9 heteroatoms. The number of carbonyl (C=O) groups is 1. The Kier molecular flexibility index (Phi) is 5.27. The minimum Gasteiger partial charge on any atom is -0.739 e. The van der Waals surface area contributed by atoms with Crippen LogP contribution >= 0.6 is 0 Å². The molecule has 0 aliphatic carbocycles. The summed E-state index contributed by atoms with van der Waals surface area (Å²) < 4.78 is 0.592. The van der Waals surface area contributed by atoms with Crippen LogP contribution in [0.2, 0.25) is 0 Å². The smallest absolute Gasteiger partial charge is 0.460 e. The fraction of sp³-hybridized carbons (Fsp3) is 0.125. The Morgan fingerprint density at radius 3 is 2.52 bits per heavy atom. The maximum absolute atomic E-state index is 12.8. The van der Waals surface area contributed by atoms with Gasteiger partial charge in [-0.25, -0.2) is 9.71 Å². The molecule has 3 aromatic carbocycles. The number of pyridine rings is 1. The first-order chi connectivity index (χ1) is 16.1. The van der Waals surface area contributed by atoms with E-state index in [0.717, 1.165) is 16.3 Å². The summed E-state index contributed by atoms with van der Waals surface area (Å²) in [7, 11) is 0. The number of hydrogen-bond donors (Lipinski definition) is 2. The first-order valence-corrected chi connectivity index (χ1v) is 10.5. The van der Waals surface area contributed by atoms with E-state index in [9.17, 15) is 15.2 Å². The van der Waals surface area contributed by atoms with E-state index in [1.165, 1.54) is 6.07 Å². The van der Waals surface area contributed by atoms with Crippen LogP contribution in [0.1, 0.15) is 16.8 Å². The van der Waals surface area contributed by atoms with E-state index in [2.05, 4.69) is 20.7 Å². The van der Waals surface area contributed by atoms with Gasteiger partial charge >= 0.3 is 5.95 Å². The molecule has 0 radical (unpaired) electrons. The van der Waals surface area contributed by atoms with Gasteiger partial charge in [-0.05, 0) is 30.7 Å². The first kappa shape index (κ1) is 20.4. The van der Waals surface area contributed by atoms with Crippen LogP contribution in [0.5, 0.6) is 0 Å². The largest absolute Gasteiger partial charge is 0.739 e. The highest BCUT2D eigenvalue weighted by Gasteiger charge is 2.19. The van der Waals surface area contributed by atoms with Crippen molar-refractivity contribution in [1.29, 1.82) is 0 Å². The second kappa shape index (κ2) is 8.54. The van der Waals surface area contributed by atoms with Gasteiger partial charge in [0, 0.05) is 28.2 Å². The molecular weight excluding hydrogens is 420 g/mol. The van der Waals surface area contributed by atoms with Gasteiger partial charge in [-0.3, -0.25) is 10.1 Å². The van der Waals surface area contributed by atoms with Gasteiger partial charge in [0.15, 0.2) is 5.52 Å². The lowest BCUT2D eigenvalue weighted by Gasteiger charge is -2.10. The van der Waals surface area contributed by atoms with Crippen LogP contribution < -0.4 is 20.2 Å². The molecule has 1 amide bonds. The fourth-order valence-corrected chi connectivity index (χ4v) is 3.77. The molecule has 0 bridgehead atoms. The quantitative estimate of drug-likeness (QED) is 0.181. The zero-order valence-corrected chi connectivity index (χ0v) is 17.6. The molecule has 0 saturated carbocycles. The summed E-state index contributed by atoms with van der Waals surface area (Å²) in [6.07, 6.45) is 0.528. The van der Waals surface area contributed by atoms with Crippen molar-refractivity contribution < 1.29 is 14.4 Å². The highest BCUT2D eigenvalue weighted by Crippen LogP contribution is 2.22. The monoisotopic (exact) mass is 440 g/mol. The van der Waals surface area contributed by atoms with Crippen molar-refractivity contribution in [2.75, 3.05) is 18.4 Å². The van der Waals surface area contributed by atoms with Crippen LogP contribution in [0, 0.1) is 10.4 Å². The van der Waals surface area contributed by atoms with E-state index in [-0.39, 0.29) is 22.9 Å². The van der Waals surface area contributed by atoms with Gasteiger partial charge < -0.3 is 15.7 Å². The predicted octanol–water partition coefficient (Wildman–Crippen LogP) is 2.44. The Bertz CT molecular complexity index is 1500. The van der Waals surface area contributed by atoms with Crippen molar-refractivity contribution in [3.05, 3.63) is 88.8 Å². The molecule has 0 atom stereocenters. The third-order valence-electron chi connectivity index (χ3n) is 5.40. The van der Waals surface area contributed by atoms with Crippen LogP contribution in [0.4, 0.5) is 5.95 Å². The average Bonchev–Trinajstić information content (AvgIpc) is 2.85. The number of fused-ring (bicyclic) bond motifs is 3. The maximum atomic E-state index is 12.8. The minimum atomic E-state index is -0.219. The van der Waals surface area contributed by atoms with Gasteiger partial charge in [0.1, 0.15) is 0 Å².